The van der Waals surface area contributed by atoms with Crippen molar-refractivity contribution in [2.45, 2.75) is 39.5 Å². The summed E-state index contributed by atoms with van der Waals surface area (Å²) in [5.74, 6) is 0.889. The lowest BCUT2D eigenvalue weighted by Gasteiger charge is -2.34. The number of aliphatic imine (C=N–C) groups is 1. The fourth-order valence-corrected chi connectivity index (χ4v) is 3.48. The Bertz CT molecular complexity index is 577. The maximum atomic E-state index is 4.39. The number of likely N-dealkylation sites (N-methyl/N-ethyl adjacent to an activating group) is 1. The molecule has 1 aliphatic heterocycles. The predicted molar refractivity (Wildman–Crippen MR) is 132 cm³/mol. The average Bonchev–Trinajstić information content (AvgIpc) is 2.71. The van der Waals surface area contributed by atoms with E-state index in [1.54, 1.807) is 0 Å². The third kappa shape index (κ3) is 7.87. The normalized spacial score (nSPS) is 16.5. The molecule has 1 heterocycles. The van der Waals surface area contributed by atoms with Gasteiger partial charge in [0.05, 0.1) is 0 Å². The zero-order valence-electron chi connectivity index (χ0n) is 18.4. The van der Waals surface area contributed by atoms with Gasteiger partial charge in [0, 0.05) is 58.3 Å². The number of nitrogens with zero attached hydrogens (tertiary/aromatic N) is 3. The lowest BCUT2D eigenvalue weighted by molar-refractivity contribution is 0.139. The van der Waals surface area contributed by atoms with Gasteiger partial charge < -0.3 is 15.5 Å². The molecular weight excluding hydrogens is 461 g/mol. The molecule has 2 N–H and O–H groups in total. The molecule has 5 nitrogen and oxygen atoms in total. The molecule has 0 bridgehead atoms. The van der Waals surface area contributed by atoms with Crippen LogP contribution in [0.25, 0.3) is 0 Å². The van der Waals surface area contributed by atoms with Crippen LogP contribution in [0.15, 0.2) is 29.3 Å². The first-order chi connectivity index (χ1) is 13.0. The van der Waals surface area contributed by atoms with Crippen LogP contribution >= 0.6 is 24.0 Å². The van der Waals surface area contributed by atoms with E-state index in [4.69, 9.17) is 0 Å². The Balaban J connectivity index is 0.00000392. The van der Waals surface area contributed by atoms with Gasteiger partial charge in [-0.05, 0) is 24.1 Å². The van der Waals surface area contributed by atoms with E-state index in [9.17, 15) is 0 Å². The van der Waals surface area contributed by atoms with Crippen LogP contribution in [0, 0.1) is 0 Å². The number of hydrogen-bond donors (Lipinski definition) is 2. The van der Waals surface area contributed by atoms with Crippen LogP contribution in [-0.2, 0) is 11.8 Å². The summed E-state index contributed by atoms with van der Waals surface area (Å²) in [4.78, 5) is 9.43. The third-order valence-electron chi connectivity index (χ3n) is 5.70. The lowest BCUT2D eigenvalue weighted by Crippen LogP contribution is -2.49. The minimum absolute atomic E-state index is 0. The molecule has 0 amide bonds. The summed E-state index contributed by atoms with van der Waals surface area (Å²) in [6.07, 6.45) is 1.09. The molecule has 160 valence electrons. The third-order valence-corrected chi connectivity index (χ3v) is 5.70. The summed E-state index contributed by atoms with van der Waals surface area (Å²) >= 11 is 0. The van der Waals surface area contributed by atoms with Gasteiger partial charge in [0.15, 0.2) is 5.96 Å². The molecule has 0 radical (unpaired) electrons. The van der Waals surface area contributed by atoms with Crippen molar-refractivity contribution in [1.29, 1.82) is 0 Å². The van der Waals surface area contributed by atoms with Gasteiger partial charge in [-0.2, -0.15) is 0 Å². The van der Waals surface area contributed by atoms with E-state index in [1.165, 1.54) is 43.9 Å². The molecule has 6 heteroatoms. The van der Waals surface area contributed by atoms with Gasteiger partial charge in [-0.3, -0.25) is 9.89 Å². The number of halogens is 1. The van der Waals surface area contributed by atoms with E-state index >= 15 is 0 Å². The summed E-state index contributed by atoms with van der Waals surface area (Å²) in [6, 6.07) is 8.99. The van der Waals surface area contributed by atoms with Crippen LogP contribution in [-0.4, -0.2) is 75.2 Å². The van der Waals surface area contributed by atoms with Crippen LogP contribution in [0.3, 0.4) is 0 Å². The van der Waals surface area contributed by atoms with E-state index < -0.39 is 0 Å². The number of piperazine rings is 1. The number of nitrogens with one attached hydrogen (secondary N) is 2. The Labute approximate surface area is 189 Å². The second kappa shape index (κ2) is 12.6. The fourth-order valence-electron chi connectivity index (χ4n) is 3.48. The van der Waals surface area contributed by atoms with Crippen LogP contribution < -0.4 is 10.6 Å². The zero-order chi connectivity index (χ0) is 19.7. The van der Waals surface area contributed by atoms with Crippen molar-refractivity contribution in [3.8, 4) is 0 Å². The molecule has 0 saturated carbocycles. The highest BCUT2D eigenvalue weighted by atomic mass is 127. The van der Waals surface area contributed by atoms with Gasteiger partial charge >= 0.3 is 0 Å². The van der Waals surface area contributed by atoms with Crippen molar-refractivity contribution in [3.63, 3.8) is 0 Å². The van der Waals surface area contributed by atoms with Gasteiger partial charge in [0.1, 0.15) is 0 Å². The summed E-state index contributed by atoms with van der Waals surface area (Å²) in [7, 11) is 1.85. The Hall–Kier alpha value is -0.860. The quantitative estimate of drug-likeness (QED) is 0.327. The smallest absolute Gasteiger partial charge is 0.191 e. The van der Waals surface area contributed by atoms with Crippen molar-refractivity contribution in [3.05, 3.63) is 35.4 Å². The Morgan fingerprint density at radius 1 is 1.00 bits per heavy atom. The first-order valence-corrected chi connectivity index (χ1v) is 10.5. The second-order valence-electron chi connectivity index (χ2n) is 8.06. The molecule has 0 aromatic heterocycles. The van der Waals surface area contributed by atoms with Crippen molar-refractivity contribution < 1.29 is 0 Å². The second-order valence-corrected chi connectivity index (χ2v) is 8.06. The number of rotatable bonds is 8. The van der Waals surface area contributed by atoms with Gasteiger partial charge in [-0.25, -0.2) is 0 Å². The molecule has 0 atom stereocenters. The number of hydrogen-bond acceptors (Lipinski definition) is 3. The SMILES string of the molecule is CCc1ccc(C(C)(C)CNC(=NC)NCCN2CCN(CC)CC2)cc1.I. The standard InChI is InChI=1S/C22H39N5.HI/c1-6-19-8-10-20(11-9-19)22(3,4)18-25-21(23-5)24-12-13-27-16-14-26(7-2)15-17-27;/h8-11H,6-7,12-18H2,1-5H3,(H2,23,24,25);1H. The van der Waals surface area contributed by atoms with E-state index in [-0.39, 0.29) is 29.4 Å². The van der Waals surface area contributed by atoms with Gasteiger partial charge in [0.2, 0.25) is 0 Å². The minimum Gasteiger partial charge on any atom is -0.356 e. The molecule has 0 spiro atoms. The highest BCUT2D eigenvalue weighted by Crippen LogP contribution is 2.22. The fraction of sp³-hybridized carbons (Fsp3) is 0.682. The van der Waals surface area contributed by atoms with Gasteiger partial charge in [-0.1, -0.05) is 52.0 Å². The maximum Gasteiger partial charge on any atom is 0.191 e. The molecular formula is C22H40IN5. The monoisotopic (exact) mass is 501 g/mol. The number of aryl methyl sites for hydroxylation is 1. The Morgan fingerprint density at radius 2 is 1.61 bits per heavy atom. The molecule has 1 fully saturated rings. The van der Waals surface area contributed by atoms with E-state index in [1.807, 2.05) is 7.05 Å². The number of benzene rings is 1. The summed E-state index contributed by atoms with van der Waals surface area (Å²) < 4.78 is 0. The van der Waals surface area contributed by atoms with E-state index in [0.29, 0.717) is 0 Å². The molecule has 1 aromatic rings. The summed E-state index contributed by atoms with van der Waals surface area (Å²) in [6.45, 7) is 17.7. The number of guanidine groups is 1. The van der Waals surface area contributed by atoms with Crippen LogP contribution in [0.1, 0.15) is 38.8 Å². The highest BCUT2D eigenvalue weighted by molar-refractivity contribution is 14.0. The molecule has 1 aliphatic rings. The van der Waals surface area contributed by atoms with Crippen molar-refractivity contribution in [2.24, 2.45) is 4.99 Å². The highest BCUT2D eigenvalue weighted by Gasteiger charge is 2.21. The molecule has 0 aliphatic carbocycles. The van der Waals surface area contributed by atoms with Gasteiger partial charge in [-0.15, -0.1) is 24.0 Å². The maximum absolute atomic E-state index is 4.39. The average molecular weight is 502 g/mol. The largest absolute Gasteiger partial charge is 0.356 e. The summed E-state index contributed by atoms with van der Waals surface area (Å²) in [5, 5.41) is 6.97. The molecule has 1 saturated heterocycles. The molecule has 28 heavy (non-hydrogen) atoms. The van der Waals surface area contributed by atoms with E-state index in [2.05, 4.69) is 77.4 Å². The molecule has 2 rings (SSSR count). The first kappa shape index (κ1) is 25.2. The first-order valence-electron chi connectivity index (χ1n) is 10.5. The van der Waals surface area contributed by atoms with Crippen molar-refractivity contribution in [1.82, 2.24) is 20.4 Å². The molecule has 1 aromatic carbocycles. The molecule has 0 unspecified atom stereocenters. The summed E-state index contributed by atoms with van der Waals surface area (Å²) in [5.41, 5.74) is 2.80. The van der Waals surface area contributed by atoms with Crippen LogP contribution in [0.2, 0.25) is 0 Å². The Morgan fingerprint density at radius 3 is 2.14 bits per heavy atom. The van der Waals surface area contributed by atoms with Crippen LogP contribution in [0.5, 0.6) is 0 Å². The van der Waals surface area contributed by atoms with Crippen molar-refractivity contribution >= 4 is 29.9 Å². The minimum atomic E-state index is 0. The van der Waals surface area contributed by atoms with Crippen molar-refractivity contribution in [2.75, 3.05) is 59.4 Å². The van der Waals surface area contributed by atoms with E-state index in [0.717, 1.165) is 32.0 Å². The topological polar surface area (TPSA) is 42.9 Å². The van der Waals surface area contributed by atoms with Gasteiger partial charge in [0.25, 0.3) is 0 Å². The van der Waals surface area contributed by atoms with Crippen LogP contribution in [0.4, 0.5) is 0 Å². The predicted octanol–water partition coefficient (Wildman–Crippen LogP) is 2.95. The Kier molecular flexibility index (Phi) is 11.4. The zero-order valence-corrected chi connectivity index (χ0v) is 20.8. The lowest BCUT2D eigenvalue weighted by atomic mass is 9.84.